The Bertz CT molecular complexity index is 1090. The SMILES string of the molecule is CCOC(=O)N1CCN(C(=O)CSc2nnc(-c3ccc(C)cc3)n2-c2ccccc2)CC1. The normalized spacial score (nSPS) is 13.8. The van der Waals surface area contributed by atoms with Gasteiger partial charge in [0.1, 0.15) is 0 Å². The van der Waals surface area contributed by atoms with Crippen LogP contribution in [0.25, 0.3) is 17.1 Å². The third-order valence-corrected chi connectivity index (χ3v) is 6.35. The largest absolute Gasteiger partial charge is 0.450 e. The fraction of sp³-hybridized carbons (Fsp3) is 0.333. The van der Waals surface area contributed by atoms with Gasteiger partial charge in [-0.1, -0.05) is 59.8 Å². The van der Waals surface area contributed by atoms with Crippen molar-refractivity contribution in [3.8, 4) is 17.1 Å². The predicted molar refractivity (Wildman–Crippen MR) is 127 cm³/mol. The number of piperazine rings is 1. The molecule has 1 aliphatic heterocycles. The van der Waals surface area contributed by atoms with Crippen molar-refractivity contribution in [1.82, 2.24) is 24.6 Å². The van der Waals surface area contributed by atoms with E-state index in [0.717, 1.165) is 17.1 Å². The number of carbonyl (C=O) groups is 2. The highest BCUT2D eigenvalue weighted by molar-refractivity contribution is 7.99. The molecule has 1 saturated heterocycles. The molecule has 0 bridgehead atoms. The minimum absolute atomic E-state index is 0.0167. The van der Waals surface area contributed by atoms with Crippen molar-refractivity contribution in [3.63, 3.8) is 0 Å². The summed E-state index contributed by atoms with van der Waals surface area (Å²) in [6, 6.07) is 18.1. The molecule has 8 nitrogen and oxygen atoms in total. The van der Waals surface area contributed by atoms with Crippen LogP contribution < -0.4 is 0 Å². The summed E-state index contributed by atoms with van der Waals surface area (Å²) in [6.45, 7) is 6.14. The lowest BCUT2D eigenvalue weighted by Crippen LogP contribution is -2.51. The quantitative estimate of drug-likeness (QED) is 0.517. The first-order valence-corrected chi connectivity index (χ1v) is 12.0. The second-order valence-corrected chi connectivity index (χ2v) is 8.64. The number of rotatable bonds is 6. The monoisotopic (exact) mass is 465 g/mol. The average Bonchev–Trinajstić information content (AvgIpc) is 3.27. The standard InChI is InChI=1S/C24H27N5O3S/c1-3-32-24(31)28-15-13-27(14-16-28)21(30)17-33-23-26-25-22(19-11-9-18(2)10-12-19)29(23)20-7-5-4-6-8-20/h4-12H,3,13-17H2,1-2H3. The van der Waals surface area contributed by atoms with Crippen LogP contribution in [0.1, 0.15) is 12.5 Å². The van der Waals surface area contributed by atoms with E-state index in [1.807, 2.05) is 66.1 Å². The van der Waals surface area contributed by atoms with Gasteiger partial charge in [0.15, 0.2) is 11.0 Å². The maximum absolute atomic E-state index is 12.8. The molecule has 0 aliphatic carbocycles. The van der Waals surface area contributed by atoms with Crippen LogP contribution in [0, 0.1) is 6.92 Å². The summed E-state index contributed by atoms with van der Waals surface area (Å²) in [5.74, 6) is 1.00. The molecule has 2 heterocycles. The molecule has 0 atom stereocenters. The molecule has 9 heteroatoms. The lowest BCUT2D eigenvalue weighted by atomic mass is 10.1. The Labute approximate surface area is 197 Å². The van der Waals surface area contributed by atoms with Crippen molar-refractivity contribution in [2.24, 2.45) is 0 Å². The van der Waals surface area contributed by atoms with Gasteiger partial charge in [-0.25, -0.2) is 4.79 Å². The number of hydrogen-bond acceptors (Lipinski definition) is 6. The van der Waals surface area contributed by atoms with Gasteiger partial charge in [-0.3, -0.25) is 9.36 Å². The van der Waals surface area contributed by atoms with Crippen molar-refractivity contribution in [2.45, 2.75) is 19.0 Å². The fourth-order valence-electron chi connectivity index (χ4n) is 3.63. The van der Waals surface area contributed by atoms with Crippen LogP contribution >= 0.6 is 11.8 Å². The van der Waals surface area contributed by atoms with Crippen molar-refractivity contribution < 1.29 is 14.3 Å². The number of hydrogen-bond donors (Lipinski definition) is 0. The van der Waals surface area contributed by atoms with Gasteiger partial charge in [-0.05, 0) is 26.0 Å². The van der Waals surface area contributed by atoms with Crippen molar-refractivity contribution in [3.05, 3.63) is 60.2 Å². The minimum Gasteiger partial charge on any atom is -0.450 e. The Balaban J connectivity index is 1.47. The van der Waals surface area contributed by atoms with E-state index in [1.54, 1.807) is 16.7 Å². The number of amides is 2. The maximum atomic E-state index is 12.8. The molecular weight excluding hydrogens is 438 g/mol. The molecule has 0 spiro atoms. The number of benzene rings is 2. The van der Waals surface area contributed by atoms with E-state index in [-0.39, 0.29) is 17.8 Å². The lowest BCUT2D eigenvalue weighted by Gasteiger charge is -2.34. The van der Waals surface area contributed by atoms with Crippen LogP contribution in [0.3, 0.4) is 0 Å². The molecule has 3 aromatic rings. The molecule has 0 unspecified atom stereocenters. The van der Waals surface area contributed by atoms with Crippen molar-refractivity contribution >= 4 is 23.8 Å². The molecule has 33 heavy (non-hydrogen) atoms. The van der Waals surface area contributed by atoms with Crippen LogP contribution in [-0.4, -0.2) is 75.1 Å². The van der Waals surface area contributed by atoms with E-state index in [2.05, 4.69) is 10.2 Å². The Morgan fingerprint density at radius 2 is 1.61 bits per heavy atom. The molecule has 1 aliphatic rings. The van der Waals surface area contributed by atoms with Gasteiger partial charge >= 0.3 is 6.09 Å². The van der Waals surface area contributed by atoms with Gasteiger partial charge in [-0.15, -0.1) is 10.2 Å². The van der Waals surface area contributed by atoms with Gasteiger partial charge < -0.3 is 14.5 Å². The summed E-state index contributed by atoms with van der Waals surface area (Å²) in [4.78, 5) is 28.1. The third kappa shape index (κ3) is 5.36. The first-order chi connectivity index (χ1) is 16.1. The van der Waals surface area contributed by atoms with Gasteiger partial charge in [0.2, 0.25) is 5.91 Å². The Morgan fingerprint density at radius 1 is 0.939 bits per heavy atom. The molecule has 0 radical (unpaired) electrons. The topological polar surface area (TPSA) is 80.6 Å². The van der Waals surface area contributed by atoms with Crippen LogP contribution in [0.5, 0.6) is 0 Å². The number of aryl methyl sites for hydroxylation is 1. The van der Waals surface area contributed by atoms with Crippen LogP contribution in [0.2, 0.25) is 0 Å². The zero-order valence-corrected chi connectivity index (χ0v) is 19.6. The van der Waals surface area contributed by atoms with Gasteiger partial charge in [-0.2, -0.15) is 0 Å². The molecule has 2 aromatic carbocycles. The zero-order chi connectivity index (χ0) is 23.2. The second-order valence-electron chi connectivity index (χ2n) is 7.70. The smallest absolute Gasteiger partial charge is 0.409 e. The van der Waals surface area contributed by atoms with E-state index < -0.39 is 0 Å². The Kier molecular flexibility index (Phi) is 7.29. The molecule has 0 N–H and O–H groups in total. The summed E-state index contributed by atoms with van der Waals surface area (Å²) in [7, 11) is 0. The number of thioether (sulfide) groups is 1. The molecule has 0 saturated carbocycles. The molecular formula is C24H27N5O3S. The number of nitrogens with zero attached hydrogens (tertiary/aromatic N) is 5. The highest BCUT2D eigenvalue weighted by atomic mass is 32.2. The molecule has 4 rings (SSSR count). The predicted octanol–water partition coefficient (Wildman–Crippen LogP) is 3.64. The summed E-state index contributed by atoms with van der Waals surface area (Å²) < 4.78 is 7.03. The van der Waals surface area contributed by atoms with Gasteiger partial charge in [0.25, 0.3) is 0 Å². The fourth-order valence-corrected chi connectivity index (χ4v) is 4.49. The van der Waals surface area contributed by atoms with E-state index in [0.29, 0.717) is 37.9 Å². The highest BCUT2D eigenvalue weighted by Crippen LogP contribution is 2.28. The number of aromatic nitrogens is 3. The zero-order valence-electron chi connectivity index (χ0n) is 18.8. The van der Waals surface area contributed by atoms with Crippen LogP contribution in [-0.2, 0) is 9.53 Å². The summed E-state index contributed by atoms with van der Waals surface area (Å²) in [5, 5.41) is 9.50. The number of para-hydroxylation sites is 1. The minimum atomic E-state index is -0.321. The number of ether oxygens (including phenoxy) is 1. The van der Waals surface area contributed by atoms with Crippen LogP contribution in [0.15, 0.2) is 59.8 Å². The van der Waals surface area contributed by atoms with E-state index >= 15 is 0 Å². The summed E-state index contributed by atoms with van der Waals surface area (Å²) in [6.07, 6.45) is -0.321. The highest BCUT2D eigenvalue weighted by Gasteiger charge is 2.25. The van der Waals surface area contributed by atoms with Crippen LogP contribution in [0.4, 0.5) is 4.79 Å². The third-order valence-electron chi connectivity index (χ3n) is 5.44. The second kappa shape index (κ2) is 10.5. The summed E-state index contributed by atoms with van der Waals surface area (Å²) >= 11 is 1.37. The maximum Gasteiger partial charge on any atom is 0.409 e. The number of carbonyl (C=O) groups excluding carboxylic acids is 2. The Hall–Kier alpha value is -3.33. The van der Waals surface area contributed by atoms with Gasteiger partial charge in [0, 0.05) is 37.4 Å². The molecule has 172 valence electrons. The summed E-state index contributed by atoms with van der Waals surface area (Å²) in [5.41, 5.74) is 3.08. The molecule has 1 fully saturated rings. The first-order valence-electron chi connectivity index (χ1n) is 11.0. The van der Waals surface area contributed by atoms with E-state index in [4.69, 9.17) is 4.74 Å². The van der Waals surface area contributed by atoms with E-state index in [9.17, 15) is 9.59 Å². The first kappa shape index (κ1) is 22.8. The molecule has 2 amide bonds. The van der Waals surface area contributed by atoms with Crippen molar-refractivity contribution in [2.75, 3.05) is 38.5 Å². The molecule has 1 aromatic heterocycles. The van der Waals surface area contributed by atoms with Gasteiger partial charge in [0.05, 0.1) is 12.4 Å². The van der Waals surface area contributed by atoms with E-state index in [1.165, 1.54) is 17.3 Å². The lowest BCUT2D eigenvalue weighted by molar-refractivity contribution is -0.129. The average molecular weight is 466 g/mol. The Morgan fingerprint density at radius 3 is 2.27 bits per heavy atom. The van der Waals surface area contributed by atoms with Crippen molar-refractivity contribution in [1.29, 1.82) is 0 Å².